The number of hydrogen-bond acceptors (Lipinski definition) is 1. The molecule has 0 aromatic heterocycles. The van der Waals surface area contributed by atoms with Crippen LogP contribution < -0.4 is 0 Å². The molecule has 76 valence electrons. The molecule has 14 heavy (non-hydrogen) atoms. The van der Waals surface area contributed by atoms with E-state index in [0.29, 0.717) is 11.2 Å². The summed E-state index contributed by atoms with van der Waals surface area (Å²) in [6, 6.07) is 7.48. The smallest absolute Gasteiger partial charge is 0.115 e. The van der Waals surface area contributed by atoms with Crippen molar-refractivity contribution < 1.29 is 5.11 Å². The van der Waals surface area contributed by atoms with Gasteiger partial charge in [-0.05, 0) is 49.3 Å². The average molecular weight is 211 g/mol. The second-order valence-corrected chi connectivity index (χ2v) is 4.98. The molecule has 0 radical (unpaired) electrons. The standard InChI is InChI=1S/C12H15ClO/c1-9(13)12(5-6-12)8-10-3-2-4-11(14)7-10/h2-4,7,9,14H,5-6,8H2,1H3. The summed E-state index contributed by atoms with van der Waals surface area (Å²) < 4.78 is 0. The Labute approximate surface area is 89.7 Å². The van der Waals surface area contributed by atoms with Crippen LogP contribution in [0.1, 0.15) is 25.3 Å². The van der Waals surface area contributed by atoms with Crippen LogP contribution in [0.4, 0.5) is 0 Å². The third-order valence-corrected chi connectivity index (χ3v) is 3.67. The van der Waals surface area contributed by atoms with Crippen LogP contribution in [0.15, 0.2) is 24.3 Å². The maximum atomic E-state index is 9.34. The Morgan fingerprint density at radius 3 is 2.71 bits per heavy atom. The normalized spacial score (nSPS) is 20.4. The van der Waals surface area contributed by atoms with E-state index in [2.05, 4.69) is 13.0 Å². The van der Waals surface area contributed by atoms with Crippen LogP contribution in [0.25, 0.3) is 0 Å². The lowest BCUT2D eigenvalue weighted by Gasteiger charge is -2.17. The fourth-order valence-corrected chi connectivity index (χ4v) is 2.24. The van der Waals surface area contributed by atoms with Gasteiger partial charge in [0.05, 0.1) is 0 Å². The Balaban J connectivity index is 2.11. The minimum absolute atomic E-state index is 0.227. The highest BCUT2D eigenvalue weighted by molar-refractivity contribution is 6.21. The van der Waals surface area contributed by atoms with Crippen LogP contribution in [0.2, 0.25) is 0 Å². The molecule has 1 aliphatic carbocycles. The van der Waals surface area contributed by atoms with E-state index in [1.54, 1.807) is 6.07 Å². The molecule has 1 nitrogen and oxygen atoms in total. The third-order valence-electron chi connectivity index (χ3n) is 3.20. The van der Waals surface area contributed by atoms with Crippen molar-refractivity contribution in [1.29, 1.82) is 0 Å². The van der Waals surface area contributed by atoms with Crippen LogP contribution in [-0.2, 0) is 6.42 Å². The van der Waals surface area contributed by atoms with E-state index in [4.69, 9.17) is 11.6 Å². The summed E-state index contributed by atoms with van der Waals surface area (Å²) in [6.45, 7) is 2.07. The molecule has 0 heterocycles. The van der Waals surface area contributed by atoms with Gasteiger partial charge in [0.15, 0.2) is 0 Å². The molecule has 0 saturated heterocycles. The van der Waals surface area contributed by atoms with Crippen LogP contribution >= 0.6 is 11.6 Å². The summed E-state index contributed by atoms with van der Waals surface area (Å²) in [5.74, 6) is 0.348. The fourth-order valence-electron chi connectivity index (χ4n) is 1.95. The van der Waals surface area contributed by atoms with Crippen LogP contribution in [-0.4, -0.2) is 10.5 Å². The number of phenolic OH excluding ortho intramolecular Hbond substituents is 1. The van der Waals surface area contributed by atoms with Gasteiger partial charge in [-0.2, -0.15) is 0 Å². The molecule has 1 aromatic rings. The second-order valence-electron chi connectivity index (χ2n) is 4.33. The SMILES string of the molecule is CC(Cl)C1(Cc2cccc(O)c2)CC1. The average Bonchev–Trinajstić information content (AvgIpc) is 2.85. The molecule has 0 spiro atoms. The van der Waals surface area contributed by atoms with E-state index in [-0.39, 0.29) is 5.38 Å². The molecule has 0 bridgehead atoms. The summed E-state index contributed by atoms with van der Waals surface area (Å²) in [5.41, 5.74) is 1.49. The molecule has 1 aliphatic rings. The van der Waals surface area contributed by atoms with E-state index >= 15 is 0 Å². The zero-order chi connectivity index (χ0) is 10.2. The number of halogens is 1. The predicted molar refractivity (Wildman–Crippen MR) is 58.8 cm³/mol. The van der Waals surface area contributed by atoms with E-state index in [9.17, 15) is 5.11 Å². The van der Waals surface area contributed by atoms with Crippen molar-refractivity contribution in [2.45, 2.75) is 31.6 Å². The summed E-state index contributed by atoms with van der Waals surface area (Å²) >= 11 is 6.16. The van der Waals surface area contributed by atoms with Gasteiger partial charge in [-0.1, -0.05) is 12.1 Å². The number of rotatable bonds is 3. The Bertz CT molecular complexity index is 329. The Morgan fingerprint density at radius 2 is 2.21 bits per heavy atom. The van der Waals surface area contributed by atoms with E-state index in [0.717, 1.165) is 6.42 Å². The summed E-state index contributed by atoms with van der Waals surface area (Å²) in [4.78, 5) is 0. The minimum atomic E-state index is 0.227. The van der Waals surface area contributed by atoms with Gasteiger partial charge in [-0.25, -0.2) is 0 Å². The summed E-state index contributed by atoms with van der Waals surface area (Å²) in [5, 5.41) is 9.56. The Kier molecular flexibility index (Phi) is 2.44. The molecule has 2 rings (SSSR count). The Hall–Kier alpha value is -0.690. The van der Waals surface area contributed by atoms with Gasteiger partial charge >= 0.3 is 0 Å². The third kappa shape index (κ3) is 1.88. The molecule has 0 aliphatic heterocycles. The first-order chi connectivity index (χ1) is 6.62. The molecule has 1 aromatic carbocycles. The molecule has 1 N–H and O–H groups in total. The largest absolute Gasteiger partial charge is 0.508 e. The van der Waals surface area contributed by atoms with E-state index in [1.165, 1.54) is 18.4 Å². The molecule has 1 saturated carbocycles. The first-order valence-corrected chi connectivity index (χ1v) is 5.48. The predicted octanol–water partition coefficient (Wildman–Crippen LogP) is 3.34. The summed E-state index contributed by atoms with van der Waals surface area (Å²) in [7, 11) is 0. The van der Waals surface area contributed by atoms with Crippen molar-refractivity contribution in [3.8, 4) is 5.75 Å². The van der Waals surface area contributed by atoms with Crippen LogP contribution in [0.5, 0.6) is 5.75 Å². The molecular weight excluding hydrogens is 196 g/mol. The molecule has 1 atom stereocenters. The fraction of sp³-hybridized carbons (Fsp3) is 0.500. The van der Waals surface area contributed by atoms with Gasteiger partial charge in [0.25, 0.3) is 0 Å². The lowest BCUT2D eigenvalue weighted by atomic mass is 9.93. The molecular formula is C12H15ClO. The van der Waals surface area contributed by atoms with Gasteiger partial charge in [0.1, 0.15) is 5.75 Å². The first-order valence-electron chi connectivity index (χ1n) is 5.04. The second kappa shape index (κ2) is 3.47. The number of alkyl halides is 1. The van der Waals surface area contributed by atoms with E-state index in [1.807, 2.05) is 12.1 Å². The number of hydrogen-bond donors (Lipinski definition) is 1. The highest BCUT2D eigenvalue weighted by atomic mass is 35.5. The van der Waals surface area contributed by atoms with Crippen molar-refractivity contribution in [3.63, 3.8) is 0 Å². The summed E-state index contributed by atoms with van der Waals surface area (Å²) in [6.07, 6.45) is 3.42. The van der Waals surface area contributed by atoms with Crippen molar-refractivity contribution in [1.82, 2.24) is 0 Å². The quantitative estimate of drug-likeness (QED) is 0.759. The van der Waals surface area contributed by atoms with Gasteiger partial charge in [-0.3, -0.25) is 0 Å². The molecule has 1 unspecified atom stereocenters. The lowest BCUT2D eigenvalue weighted by molar-refractivity contribution is 0.469. The maximum Gasteiger partial charge on any atom is 0.115 e. The molecule has 2 heteroatoms. The number of aromatic hydroxyl groups is 1. The number of benzene rings is 1. The monoisotopic (exact) mass is 210 g/mol. The molecule has 1 fully saturated rings. The topological polar surface area (TPSA) is 20.2 Å². The van der Waals surface area contributed by atoms with Crippen molar-refractivity contribution in [2.75, 3.05) is 0 Å². The van der Waals surface area contributed by atoms with Crippen LogP contribution in [0, 0.1) is 5.41 Å². The highest BCUT2D eigenvalue weighted by Crippen LogP contribution is 2.53. The van der Waals surface area contributed by atoms with Crippen molar-refractivity contribution in [2.24, 2.45) is 5.41 Å². The van der Waals surface area contributed by atoms with Gasteiger partial charge in [-0.15, -0.1) is 11.6 Å². The maximum absolute atomic E-state index is 9.34. The lowest BCUT2D eigenvalue weighted by Crippen LogP contribution is -2.15. The zero-order valence-electron chi connectivity index (χ0n) is 8.33. The van der Waals surface area contributed by atoms with Gasteiger partial charge in [0, 0.05) is 5.38 Å². The van der Waals surface area contributed by atoms with E-state index < -0.39 is 0 Å². The Morgan fingerprint density at radius 1 is 1.50 bits per heavy atom. The highest BCUT2D eigenvalue weighted by Gasteiger charge is 2.46. The van der Waals surface area contributed by atoms with Crippen molar-refractivity contribution >= 4 is 11.6 Å². The number of phenols is 1. The first kappa shape index (κ1) is 9.85. The van der Waals surface area contributed by atoms with Gasteiger partial charge in [0.2, 0.25) is 0 Å². The molecule has 0 amide bonds. The minimum Gasteiger partial charge on any atom is -0.508 e. The van der Waals surface area contributed by atoms with Crippen LogP contribution in [0.3, 0.4) is 0 Å². The van der Waals surface area contributed by atoms with Crippen molar-refractivity contribution in [3.05, 3.63) is 29.8 Å². The zero-order valence-corrected chi connectivity index (χ0v) is 9.09. The van der Waals surface area contributed by atoms with Gasteiger partial charge < -0.3 is 5.11 Å².